The minimum atomic E-state index is -0.689. The van der Waals surface area contributed by atoms with Gasteiger partial charge in [0.15, 0.2) is 0 Å². The Morgan fingerprint density at radius 3 is 2.46 bits per heavy atom. The zero-order valence-electron chi connectivity index (χ0n) is 20.2. The first-order valence-corrected chi connectivity index (χ1v) is 12.8. The quantitative estimate of drug-likeness (QED) is 0.431. The summed E-state index contributed by atoms with van der Waals surface area (Å²) in [7, 11) is 1.79. The third-order valence-electron chi connectivity index (χ3n) is 5.87. The summed E-state index contributed by atoms with van der Waals surface area (Å²) in [6, 6.07) is 10.2. The molecule has 1 atom stereocenters. The number of carbonyl (C=O) groups excluding carboxylic acids is 4. The van der Waals surface area contributed by atoms with E-state index in [1.54, 1.807) is 48.3 Å². The van der Waals surface area contributed by atoms with E-state index >= 15 is 0 Å². The van der Waals surface area contributed by atoms with Gasteiger partial charge in [0.1, 0.15) is 12.7 Å². The van der Waals surface area contributed by atoms with Crippen LogP contribution in [0.4, 0.5) is 16.2 Å². The molecule has 1 aromatic heterocycles. The highest BCUT2D eigenvalue weighted by Gasteiger charge is 2.36. The van der Waals surface area contributed by atoms with Crippen molar-refractivity contribution in [3.63, 3.8) is 0 Å². The zero-order valence-corrected chi connectivity index (χ0v) is 23.5. The number of halogens is 2. The maximum Gasteiger partial charge on any atom is 0.414 e. The number of benzene rings is 1. The van der Waals surface area contributed by atoms with E-state index < -0.39 is 18.1 Å². The van der Waals surface area contributed by atoms with Gasteiger partial charge < -0.3 is 19.7 Å². The number of hydrogen-bond donors (Lipinski definition) is 1. The largest absolute Gasteiger partial charge is 0.442 e. The number of ether oxygens (including phenoxy) is 2. The molecule has 0 spiro atoms. The van der Waals surface area contributed by atoms with Gasteiger partial charge in [0.05, 0.1) is 28.9 Å². The second-order valence-corrected chi connectivity index (χ2v) is 10.1. The maximum atomic E-state index is 13.1. The van der Waals surface area contributed by atoms with Gasteiger partial charge >= 0.3 is 6.09 Å². The molecule has 1 N–H and O–H groups in total. The monoisotopic (exact) mass is 614 g/mol. The van der Waals surface area contributed by atoms with Crippen molar-refractivity contribution in [3.05, 3.63) is 45.6 Å². The maximum absolute atomic E-state index is 13.1. The van der Waals surface area contributed by atoms with Gasteiger partial charge in [0.2, 0.25) is 5.91 Å². The van der Waals surface area contributed by atoms with Crippen molar-refractivity contribution in [1.82, 2.24) is 10.2 Å². The lowest BCUT2D eigenvalue weighted by Gasteiger charge is -2.27. The summed E-state index contributed by atoms with van der Waals surface area (Å²) in [5.74, 6) is -0.921. The summed E-state index contributed by atoms with van der Waals surface area (Å²) in [5, 5.41) is 2.98. The van der Waals surface area contributed by atoms with E-state index in [1.165, 1.54) is 4.90 Å². The summed E-state index contributed by atoms with van der Waals surface area (Å²) >= 11 is 7.08. The molecule has 200 valence electrons. The Balaban J connectivity index is 0.00000380. The Bertz CT molecular complexity index is 1130. The summed E-state index contributed by atoms with van der Waals surface area (Å²) in [6.45, 7) is 1.73. The summed E-state index contributed by atoms with van der Waals surface area (Å²) in [6.07, 6.45) is -0.508. The molecule has 2 aromatic rings. The van der Waals surface area contributed by atoms with Gasteiger partial charge in [-0.2, -0.15) is 0 Å². The van der Waals surface area contributed by atoms with Crippen molar-refractivity contribution in [2.75, 3.05) is 56.2 Å². The number of morpholine rings is 1. The minimum absolute atomic E-state index is 0. The normalized spacial score (nSPS) is 17.4. The fraction of sp³-hybridized carbons (Fsp3) is 0.417. The lowest BCUT2D eigenvalue weighted by atomic mass is 10.2. The van der Waals surface area contributed by atoms with Crippen molar-refractivity contribution in [1.29, 1.82) is 0 Å². The van der Waals surface area contributed by atoms with E-state index in [4.69, 9.17) is 21.1 Å². The number of imide groups is 1. The van der Waals surface area contributed by atoms with Crippen molar-refractivity contribution in [2.45, 2.75) is 18.9 Å². The summed E-state index contributed by atoms with van der Waals surface area (Å²) in [4.78, 5) is 55.3. The Morgan fingerprint density at radius 1 is 1.14 bits per heavy atom. The molecule has 2 aliphatic rings. The highest BCUT2D eigenvalue weighted by Crippen LogP contribution is 2.27. The topological polar surface area (TPSA) is 108 Å². The van der Waals surface area contributed by atoms with Gasteiger partial charge in [0.25, 0.3) is 11.8 Å². The standard InChI is InChI=1S/C24H27ClN4O6S.BrH/c1-26-10-2-3-21(30)29(23(32)19-8-9-20(25)36-19)14-18-13-28(24(33)35-18)17-6-4-16(5-7-17)27-11-12-34-15-22(27)31;/h4-9,18,26H,2-3,10-15H2,1H3;1H/t18-;/m1./s1. The van der Waals surface area contributed by atoms with E-state index in [0.29, 0.717) is 41.0 Å². The molecular weight excluding hydrogens is 588 g/mol. The number of amides is 4. The average Bonchev–Trinajstić information content (AvgIpc) is 3.48. The van der Waals surface area contributed by atoms with E-state index in [2.05, 4.69) is 5.32 Å². The fourth-order valence-electron chi connectivity index (χ4n) is 4.05. The summed E-state index contributed by atoms with van der Waals surface area (Å²) in [5.41, 5.74) is 1.31. The highest BCUT2D eigenvalue weighted by atomic mass is 79.9. The summed E-state index contributed by atoms with van der Waals surface area (Å²) < 4.78 is 11.1. The van der Waals surface area contributed by atoms with Gasteiger partial charge in [-0.05, 0) is 56.4 Å². The van der Waals surface area contributed by atoms with Gasteiger partial charge in [-0.15, -0.1) is 28.3 Å². The average molecular weight is 616 g/mol. The van der Waals surface area contributed by atoms with E-state index in [9.17, 15) is 19.2 Å². The van der Waals surface area contributed by atoms with Crippen LogP contribution in [0, 0.1) is 0 Å². The molecule has 2 fully saturated rings. The highest BCUT2D eigenvalue weighted by molar-refractivity contribution is 8.93. The molecule has 37 heavy (non-hydrogen) atoms. The Hall–Kier alpha value is -2.51. The molecule has 13 heteroatoms. The van der Waals surface area contributed by atoms with Crippen LogP contribution in [0.2, 0.25) is 4.34 Å². The number of nitrogens with zero attached hydrogens (tertiary/aromatic N) is 3. The van der Waals surface area contributed by atoms with Gasteiger partial charge in [-0.1, -0.05) is 11.6 Å². The number of cyclic esters (lactones) is 1. The van der Waals surface area contributed by atoms with Crippen LogP contribution in [0.25, 0.3) is 0 Å². The number of thiophene rings is 1. The number of hydrogen-bond acceptors (Lipinski definition) is 8. The van der Waals surface area contributed by atoms with Crippen LogP contribution in [0.5, 0.6) is 0 Å². The first-order valence-electron chi connectivity index (χ1n) is 11.6. The number of carbonyl (C=O) groups is 4. The second kappa shape index (κ2) is 13.3. The molecule has 4 rings (SSSR count). The Kier molecular flexibility index (Phi) is 10.5. The molecule has 0 unspecified atom stereocenters. The zero-order chi connectivity index (χ0) is 25.7. The van der Waals surface area contributed by atoms with Crippen LogP contribution in [0.3, 0.4) is 0 Å². The van der Waals surface area contributed by atoms with E-state index in [1.807, 2.05) is 0 Å². The molecule has 2 aliphatic heterocycles. The number of anilines is 2. The lowest BCUT2D eigenvalue weighted by Crippen LogP contribution is -2.43. The molecule has 3 heterocycles. The third kappa shape index (κ3) is 7.08. The molecule has 4 amide bonds. The molecule has 0 aliphatic carbocycles. The Labute approximate surface area is 234 Å². The predicted octanol–water partition coefficient (Wildman–Crippen LogP) is 3.34. The van der Waals surface area contributed by atoms with Gasteiger partial charge in [0, 0.05) is 24.3 Å². The van der Waals surface area contributed by atoms with Crippen LogP contribution in [0.1, 0.15) is 22.5 Å². The second-order valence-electron chi connectivity index (χ2n) is 8.35. The first kappa shape index (κ1) is 29.1. The first-order chi connectivity index (χ1) is 17.4. The smallest absolute Gasteiger partial charge is 0.414 e. The third-order valence-corrected chi connectivity index (χ3v) is 7.09. The molecule has 1 aromatic carbocycles. The molecule has 0 saturated carbocycles. The van der Waals surface area contributed by atoms with Crippen LogP contribution < -0.4 is 15.1 Å². The number of nitrogens with one attached hydrogen (secondary N) is 1. The molecule has 0 bridgehead atoms. The van der Waals surface area contributed by atoms with Crippen molar-refractivity contribution >= 4 is 75.1 Å². The lowest BCUT2D eigenvalue weighted by molar-refractivity contribution is -0.129. The van der Waals surface area contributed by atoms with Gasteiger partial charge in [-0.25, -0.2) is 4.79 Å². The van der Waals surface area contributed by atoms with Crippen LogP contribution in [0.15, 0.2) is 36.4 Å². The van der Waals surface area contributed by atoms with Crippen LogP contribution in [-0.2, 0) is 19.1 Å². The molecule has 0 radical (unpaired) electrons. The van der Waals surface area contributed by atoms with E-state index in [0.717, 1.165) is 21.9 Å². The Morgan fingerprint density at radius 2 is 1.84 bits per heavy atom. The van der Waals surface area contributed by atoms with Crippen molar-refractivity contribution in [2.24, 2.45) is 0 Å². The van der Waals surface area contributed by atoms with Crippen LogP contribution >= 0.6 is 39.9 Å². The molecule has 2 saturated heterocycles. The van der Waals surface area contributed by atoms with Crippen molar-refractivity contribution in [3.8, 4) is 0 Å². The number of rotatable bonds is 9. The van der Waals surface area contributed by atoms with Crippen molar-refractivity contribution < 1.29 is 28.7 Å². The van der Waals surface area contributed by atoms with Gasteiger partial charge in [-0.3, -0.25) is 24.2 Å². The van der Waals surface area contributed by atoms with E-state index in [-0.39, 0.29) is 54.9 Å². The molecule has 10 nitrogen and oxygen atoms in total. The fourth-order valence-corrected chi connectivity index (χ4v) is 5.04. The SMILES string of the molecule is Br.CNCCCC(=O)N(C[C@H]1CN(c2ccc(N3CCOCC3=O)cc2)C(=O)O1)C(=O)c1ccc(Cl)s1. The minimum Gasteiger partial charge on any atom is -0.442 e. The predicted molar refractivity (Wildman–Crippen MR) is 146 cm³/mol. The molecular formula is C24H28BrClN4O6S. The van der Waals surface area contributed by atoms with Crippen LogP contribution in [-0.4, -0.2) is 81.3 Å².